The highest BCUT2D eigenvalue weighted by Crippen LogP contribution is 2.64. The number of aromatic nitrogens is 1. The normalized spacial score (nSPS) is 31.9. The Labute approximate surface area is 293 Å². The monoisotopic (exact) mass is 647 g/mol. The molecule has 0 N–H and O–H groups in total. The third-order valence-corrected chi connectivity index (χ3v) is 16.0. The van der Waals surface area contributed by atoms with Gasteiger partial charge in [-0.3, -0.25) is 0 Å². The lowest BCUT2D eigenvalue weighted by Gasteiger charge is -2.38. The molecule has 2 aromatic heterocycles. The molecule has 50 heavy (non-hydrogen) atoms. The minimum absolute atomic E-state index is 0.115. The van der Waals surface area contributed by atoms with Crippen molar-refractivity contribution in [1.82, 2.24) is 4.40 Å². The minimum atomic E-state index is -0.115. The van der Waals surface area contributed by atoms with Gasteiger partial charge in [0.25, 0.3) is 0 Å². The summed E-state index contributed by atoms with van der Waals surface area (Å²) in [7, 11) is 0. The molecule has 9 aliphatic rings. The van der Waals surface area contributed by atoms with E-state index in [1.807, 2.05) is 0 Å². The summed E-state index contributed by atoms with van der Waals surface area (Å²) in [6.07, 6.45) is 12.9. The van der Waals surface area contributed by atoms with Crippen LogP contribution in [0.3, 0.4) is 0 Å². The molecule has 8 bridgehead atoms. The number of nitrogens with zero attached hydrogens (tertiary/aromatic N) is 3. The van der Waals surface area contributed by atoms with Gasteiger partial charge >= 0.3 is 0 Å². The van der Waals surface area contributed by atoms with Crippen LogP contribution in [0.5, 0.6) is 0 Å². The van der Waals surface area contributed by atoms with Gasteiger partial charge in [-0.05, 0) is 174 Å². The summed E-state index contributed by atoms with van der Waals surface area (Å²) in [6.45, 7) is 4.89. The first-order chi connectivity index (χ1) is 24.4. The Morgan fingerprint density at radius 3 is 1.64 bits per heavy atom. The summed E-state index contributed by atoms with van der Waals surface area (Å²) < 4.78 is 2.58. The number of hydrogen-bond donors (Lipinski definition) is 0. The maximum absolute atomic E-state index is 10.9. The molecule has 3 nitrogen and oxygen atoms in total. The Bertz CT molecular complexity index is 2640. The third kappa shape index (κ3) is 3.00. The Hall–Kier alpha value is -4.34. The van der Waals surface area contributed by atoms with Crippen molar-refractivity contribution in [3.8, 4) is 23.3 Å². The molecule has 15 rings (SSSR count). The summed E-state index contributed by atoms with van der Waals surface area (Å²) in [5.74, 6) is 5.22. The highest BCUT2D eigenvalue weighted by Gasteiger charge is 2.48. The Morgan fingerprint density at radius 2 is 1.08 bits per heavy atom. The van der Waals surface area contributed by atoms with Gasteiger partial charge in [-0.15, -0.1) is 0 Å². The first-order valence-corrected chi connectivity index (χ1v) is 19.7. The molecule has 9 aliphatic carbocycles. The molecule has 0 saturated heterocycles. The molecule has 0 amide bonds. The van der Waals surface area contributed by atoms with E-state index in [9.17, 15) is 10.5 Å². The van der Waals surface area contributed by atoms with E-state index in [0.717, 1.165) is 34.8 Å². The molecule has 4 fully saturated rings. The maximum Gasteiger partial charge on any atom is 0.0995 e. The summed E-state index contributed by atoms with van der Waals surface area (Å²) in [6, 6.07) is 22.0. The Balaban J connectivity index is 1.29. The molecule has 0 spiro atoms. The zero-order valence-corrected chi connectivity index (χ0v) is 29.1. The maximum atomic E-state index is 10.9. The minimum Gasteiger partial charge on any atom is -0.308 e. The summed E-state index contributed by atoms with van der Waals surface area (Å²) >= 11 is 0. The largest absolute Gasteiger partial charge is 0.308 e. The van der Waals surface area contributed by atoms with E-state index in [0.29, 0.717) is 23.7 Å². The lowest BCUT2D eigenvalue weighted by molar-refractivity contribution is 0.166. The van der Waals surface area contributed by atoms with Gasteiger partial charge in [-0.1, -0.05) is 38.1 Å². The molecule has 3 heteroatoms. The molecule has 4 saturated carbocycles. The van der Waals surface area contributed by atoms with E-state index < -0.39 is 0 Å². The van der Waals surface area contributed by atoms with Gasteiger partial charge in [0, 0.05) is 27.0 Å². The Morgan fingerprint density at radius 1 is 0.580 bits per heavy atom. The van der Waals surface area contributed by atoms with Crippen LogP contribution in [-0.4, -0.2) is 4.40 Å². The second kappa shape index (κ2) is 8.75. The van der Waals surface area contributed by atoms with Crippen LogP contribution in [0.2, 0.25) is 0 Å². The number of benzene rings is 4. The average molecular weight is 648 g/mol. The average Bonchev–Trinajstić information content (AvgIpc) is 3.59. The first kappa shape index (κ1) is 27.4. The van der Waals surface area contributed by atoms with E-state index in [2.05, 4.69) is 72.9 Å². The lowest BCUT2D eigenvalue weighted by Crippen LogP contribution is -2.25. The third-order valence-electron chi connectivity index (χ3n) is 16.0. The molecule has 244 valence electrons. The molecule has 6 aromatic rings. The van der Waals surface area contributed by atoms with Crippen LogP contribution >= 0.6 is 0 Å². The SMILES string of the molecule is CC1(C)c2ccccc2-c2c1cc1c3c4c(c(C#N)cc3n3c5cc(C#N)c6c(c5c2c13)C1CC2CC(CC6C2)C1)C1CC2CC(C1)CC4C2. The smallest absolute Gasteiger partial charge is 0.0995 e. The zero-order valence-electron chi connectivity index (χ0n) is 29.1. The van der Waals surface area contributed by atoms with Crippen LogP contribution in [0.4, 0.5) is 0 Å². The molecule has 2 heterocycles. The van der Waals surface area contributed by atoms with Gasteiger partial charge in [-0.2, -0.15) is 10.5 Å². The number of nitriles is 2. The summed E-state index contributed by atoms with van der Waals surface area (Å²) in [5.41, 5.74) is 17.1. The van der Waals surface area contributed by atoms with Crippen LogP contribution in [-0.2, 0) is 5.41 Å². The fraction of sp³-hybridized carbons (Fsp3) is 0.447. The number of fused-ring (bicyclic) bond motifs is 10. The van der Waals surface area contributed by atoms with Crippen molar-refractivity contribution < 1.29 is 0 Å². The highest BCUT2D eigenvalue weighted by atomic mass is 14.9. The first-order valence-electron chi connectivity index (χ1n) is 19.7. The standard InChI is InChI=1S/C47H41N3/c1-47(2)34-6-4-3-5-32(34)42-35(47)19-33-43-36(17-30(20-48)38-26-9-22-7-23(10-26)14-28(13-22)40(38)43)50-37-18-31(21-49)39-27-11-24-8-25(12-27)16-29(15-24)41(39)44(37)45(42)46(33)50/h3-6,17-19,22-29H,7-16H2,1-2H3. The zero-order chi connectivity index (χ0) is 32.9. The molecule has 4 unspecified atom stereocenters. The van der Waals surface area contributed by atoms with Gasteiger partial charge in [0.1, 0.15) is 0 Å². The Kier molecular flexibility index (Phi) is 4.79. The van der Waals surface area contributed by atoms with Crippen LogP contribution < -0.4 is 0 Å². The summed E-state index contributed by atoms with van der Waals surface area (Å²) in [5, 5.41) is 27.6. The van der Waals surface area contributed by atoms with E-state index in [-0.39, 0.29) is 5.41 Å². The van der Waals surface area contributed by atoms with Crippen molar-refractivity contribution in [3.05, 3.63) is 87.0 Å². The van der Waals surface area contributed by atoms with Crippen LogP contribution in [0.25, 0.3) is 49.2 Å². The molecule has 4 atom stereocenters. The second-order valence-corrected chi connectivity index (χ2v) is 18.7. The van der Waals surface area contributed by atoms with Crippen LogP contribution in [0.15, 0.2) is 42.5 Å². The number of rotatable bonds is 0. The van der Waals surface area contributed by atoms with E-state index in [4.69, 9.17) is 0 Å². The van der Waals surface area contributed by atoms with E-state index in [1.165, 1.54) is 147 Å². The highest BCUT2D eigenvalue weighted by molar-refractivity contribution is 6.30. The van der Waals surface area contributed by atoms with Gasteiger partial charge in [-0.25, -0.2) is 0 Å². The van der Waals surface area contributed by atoms with Crippen molar-refractivity contribution in [2.45, 2.75) is 107 Å². The fourth-order valence-electron chi connectivity index (χ4n) is 14.7. The van der Waals surface area contributed by atoms with Crippen molar-refractivity contribution >= 4 is 38.1 Å². The van der Waals surface area contributed by atoms with Gasteiger partial charge in [0.15, 0.2) is 0 Å². The lowest BCUT2D eigenvalue weighted by atomic mass is 9.67. The predicted molar refractivity (Wildman–Crippen MR) is 199 cm³/mol. The van der Waals surface area contributed by atoms with E-state index >= 15 is 0 Å². The molecule has 4 aromatic carbocycles. The van der Waals surface area contributed by atoms with Crippen LogP contribution in [0, 0.1) is 46.3 Å². The van der Waals surface area contributed by atoms with Gasteiger partial charge in [0.05, 0.1) is 39.8 Å². The van der Waals surface area contributed by atoms with Crippen molar-refractivity contribution in [1.29, 1.82) is 10.5 Å². The summed E-state index contributed by atoms with van der Waals surface area (Å²) in [4.78, 5) is 0. The predicted octanol–water partition coefficient (Wildman–Crippen LogP) is 11.7. The topological polar surface area (TPSA) is 52.0 Å². The fourth-order valence-corrected chi connectivity index (χ4v) is 14.7. The molecule has 0 aliphatic heterocycles. The van der Waals surface area contributed by atoms with Gasteiger partial charge < -0.3 is 4.40 Å². The van der Waals surface area contributed by atoms with Gasteiger partial charge in [0.2, 0.25) is 0 Å². The van der Waals surface area contributed by atoms with E-state index in [1.54, 1.807) is 0 Å². The quantitative estimate of drug-likeness (QED) is 0.165. The molecular weight excluding hydrogens is 607 g/mol. The van der Waals surface area contributed by atoms with Crippen LogP contribution in [0.1, 0.15) is 146 Å². The molecule has 0 radical (unpaired) electrons. The molecular formula is C47H41N3. The van der Waals surface area contributed by atoms with Crippen molar-refractivity contribution in [2.24, 2.45) is 23.7 Å². The van der Waals surface area contributed by atoms with Crippen molar-refractivity contribution in [2.75, 3.05) is 0 Å². The second-order valence-electron chi connectivity index (χ2n) is 18.7. The van der Waals surface area contributed by atoms with Crippen molar-refractivity contribution in [3.63, 3.8) is 0 Å². The number of hydrogen-bond acceptors (Lipinski definition) is 2.